The number of aromatic nitrogens is 2. The number of halogens is 2. The van der Waals surface area contributed by atoms with E-state index in [2.05, 4.69) is 9.97 Å². The van der Waals surface area contributed by atoms with Crippen molar-refractivity contribution in [2.45, 2.75) is 0 Å². The van der Waals surface area contributed by atoms with Gasteiger partial charge in [0.25, 0.3) is 0 Å². The van der Waals surface area contributed by atoms with Gasteiger partial charge in [-0.15, -0.1) is 0 Å². The molecule has 3 nitrogen and oxygen atoms in total. The molecule has 2 aromatic heterocycles. The third kappa shape index (κ3) is 1.82. The summed E-state index contributed by atoms with van der Waals surface area (Å²) in [5.41, 5.74) is 1.48. The third-order valence-electron chi connectivity index (χ3n) is 1.48. The van der Waals surface area contributed by atoms with Crippen LogP contribution in [0.25, 0.3) is 11.3 Å². The molecule has 0 amide bonds. The van der Waals surface area contributed by atoms with Crippen molar-refractivity contribution >= 4 is 23.2 Å². The Hall–Kier alpha value is -1.06. The number of nitrogens with zero attached hydrogens (tertiary/aromatic N) is 2. The average Bonchev–Trinajstić information content (AvgIpc) is 2.53. The summed E-state index contributed by atoms with van der Waals surface area (Å²) >= 11 is 11.3. The van der Waals surface area contributed by atoms with Crippen LogP contribution in [0.1, 0.15) is 0 Å². The topological polar surface area (TPSA) is 38.9 Å². The molecule has 66 valence electrons. The molecule has 0 aliphatic carbocycles. The summed E-state index contributed by atoms with van der Waals surface area (Å²) in [7, 11) is 0. The second-order valence-electron chi connectivity index (χ2n) is 2.36. The molecule has 0 fully saturated rings. The van der Waals surface area contributed by atoms with Crippen LogP contribution in [-0.4, -0.2) is 9.97 Å². The zero-order chi connectivity index (χ0) is 9.26. The maximum Gasteiger partial charge on any atom is 0.224 e. The summed E-state index contributed by atoms with van der Waals surface area (Å²) in [6.07, 6.45) is 3.12. The molecule has 2 heterocycles. The molecule has 2 rings (SSSR count). The van der Waals surface area contributed by atoms with Gasteiger partial charge in [-0.3, -0.25) is 0 Å². The number of furan rings is 1. The normalized spacial score (nSPS) is 10.3. The Bertz CT molecular complexity index is 394. The van der Waals surface area contributed by atoms with Crippen LogP contribution in [-0.2, 0) is 0 Å². The van der Waals surface area contributed by atoms with Crippen molar-refractivity contribution in [2.75, 3.05) is 0 Å². The maximum absolute atomic E-state index is 5.70. The second kappa shape index (κ2) is 3.36. The largest absolute Gasteiger partial charge is 0.472 e. The van der Waals surface area contributed by atoms with Crippen LogP contribution < -0.4 is 0 Å². The zero-order valence-electron chi connectivity index (χ0n) is 6.37. The van der Waals surface area contributed by atoms with Gasteiger partial charge < -0.3 is 4.42 Å². The Labute approximate surface area is 84.3 Å². The highest BCUT2D eigenvalue weighted by Gasteiger charge is 2.04. The van der Waals surface area contributed by atoms with Gasteiger partial charge in [0.1, 0.15) is 5.15 Å². The number of hydrogen-bond acceptors (Lipinski definition) is 3. The first-order chi connectivity index (χ1) is 6.25. The molecule has 5 heteroatoms. The first-order valence-electron chi connectivity index (χ1n) is 3.48. The fraction of sp³-hybridized carbons (Fsp3) is 0. The molecular weight excluding hydrogens is 211 g/mol. The molecule has 0 atom stereocenters. The van der Waals surface area contributed by atoms with E-state index in [0.29, 0.717) is 10.8 Å². The molecule has 0 aliphatic rings. The van der Waals surface area contributed by atoms with Crippen molar-refractivity contribution in [3.8, 4) is 11.3 Å². The Balaban J connectivity index is 2.53. The van der Waals surface area contributed by atoms with Crippen molar-refractivity contribution in [2.24, 2.45) is 0 Å². The van der Waals surface area contributed by atoms with Gasteiger partial charge in [-0.1, -0.05) is 11.6 Å². The molecule has 0 N–H and O–H groups in total. The molecule has 0 radical (unpaired) electrons. The smallest absolute Gasteiger partial charge is 0.224 e. The van der Waals surface area contributed by atoms with E-state index in [1.807, 2.05) is 0 Å². The highest BCUT2D eigenvalue weighted by molar-refractivity contribution is 6.32. The summed E-state index contributed by atoms with van der Waals surface area (Å²) in [5.74, 6) is 0. The van der Waals surface area contributed by atoms with Gasteiger partial charge in [0, 0.05) is 11.6 Å². The monoisotopic (exact) mass is 214 g/mol. The highest BCUT2D eigenvalue weighted by Crippen LogP contribution is 2.21. The van der Waals surface area contributed by atoms with E-state index < -0.39 is 0 Å². The summed E-state index contributed by atoms with van der Waals surface area (Å²) < 4.78 is 4.90. The minimum absolute atomic E-state index is 0.128. The first kappa shape index (κ1) is 8.53. The molecule has 0 saturated carbocycles. The van der Waals surface area contributed by atoms with Gasteiger partial charge in [0.05, 0.1) is 18.2 Å². The fourth-order valence-corrected chi connectivity index (χ4v) is 1.36. The summed E-state index contributed by atoms with van der Waals surface area (Å²) in [6.45, 7) is 0. The van der Waals surface area contributed by atoms with Crippen LogP contribution >= 0.6 is 23.2 Å². The number of hydrogen-bond donors (Lipinski definition) is 0. The van der Waals surface area contributed by atoms with Gasteiger partial charge in [0.15, 0.2) is 0 Å². The van der Waals surface area contributed by atoms with E-state index in [-0.39, 0.29) is 5.28 Å². The minimum Gasteiger partial charge on any atom is -0.472 e. The van der Waals surface area contributed by atoms with Gasteiger partial charge in [0.2, 0.25) is 5.28 Å². The molecular formula is C8H4Cl2N2O. The second-order valence-corrected chi connectivity index (χ2v) is 3.08. The van der Waals surface area contributed by atoms with Gasteiger partial charge in [-0.25, -0.2) is 9.97 Å². The lowest BCUT2D eigenvalue weighted by Crippen LogP contribution is -1.86. The van der Waals surface area contributed by atoms with Gasteiger partial charge in [-0.05, 0) is 17.7 Å². The lowest BCUT2D eigenvalue weighted by molar-refractivity contribution is 0.568. The van der Waals surface area contributed by atoms with Crippen molar-refractivity contribution in [3.05, 3.63) is 35.1 Å². The van der Waals surface area contributed by atoms with Crippen molar-refractivity contribution in [1.82, 2.24) is 9.97 Å². The van der Waals surface area contributed by atoms with E-state index in [1.54, 1.807) is 24.7 Å². The zero-order valence-corrected chi connectivity index (χ0v) is 7.88. The summed E-state index contributed by atoms with van der Waals surface area (Å²) in [4.78, 5) is 7.72. The molecule has 2 aromatic rings. The van der Waals surface area contributed by atoms with Gasteiger partial charge in [-0.2, -0.15) is 0 Å². The molecule has 13 heavy (non-hydrogen) atoms. The third-order valence-corrected chi connectivity index (χ3v) is 1.85. The van der Waals surface area contributed by atoms with E-state index >= 15 is 0 Å². The van der Waals surface area contributed by atoms with Crippen molar-refractivity contribution in [1.29, 1.82) is 0 Å². The van der Waals surface area contributed by atoms with Crippen LogP contribution in [0, 0.1) is 0 Å². The van der Waals surface area contributed by atoms with E-state index in [4.69, 9.17) is 27.6 Å². The lowest BCUT2D eigenvalue weighted by Gasteiger charge is -1.96. The Morgan fingerprint density at radius 2 is 2.08 bits per heavy atom. The molecule has 0 saturated heterocycles. The van der Waals surface area contributed by atoms with Crippen molar-refractivity contribution < 1.29 is 4.42 Å². The predicted octanol–water partition coefficient (Wildman–Crippen LogP) is 3.04. The highest BCUT2D eigenvalue weighted by atomic mass is 35.5. The van der Waals surface area contributed by atoms with Crippen LogP contribution in [0.3, 0.4) is 0 Å². The SMILES string of the molecule is Clc1cc(-c2ccoc2)nc(Cl)n1. The standard InChI is InChI=1S/C8H4Cl2N2O/c9-7-3-6(11-8(10)12-7)5-1-2-13-4-5/h1-4H. The van der Waals surface area contributed by atoms with Crippen LogP contribution in [0.2, 0.25) is 10.4 Å². The Kier molecular flexibility index (Phi) is 2.20. The van der Waals surface area contributed by atoms with Crippen LogP contribution in [0.4, 0.5) is 0 Å². The Morgan fingerprint density at radius 1 is 1.23 bits per heavy atom. The maximum atomic E-state index is 5.70. The van der Waals surface area contributed by atoms with Crippen LogP contribution in [0.15, 0.2) is 29.1 Å². The Morgan fingerprint density at radius 3 is 2.69 bits per heavy atom. The number of rotatable bonds is 1. The molecule has 0 aromatic carbocycles. The van der Waals surface area contributed by atoms with E-state index in [1.165, 1.54) is 0 Å². The summed E-state index contributed by atoms with van der Waals surface area (Å²) in [5, 5.41) is 0.444. The van der Waals surface area contributed by atoms with Crippen LogP contribution in [0.5, 0.6) is 0 Å². The molecule has 0 spiro atoms. The average molecular weight is 215 g/mol. The molecule has 0 unspecified atom stereocenters. The molecule has 0 bridgehead atoms. The minimum atomic E-state index is 0.128. The predicted molar refractivity (Wildman–Crippen MR) is 49.8 cm³/mol. The quantitative estimate of drug-likeness (QED) is 0.542. The van der Waals surface area contributed by atoms with Crippen molar-refractivity contribution in [3.63, 3.8) is 0 Å². The lowest BCUT2D eigenvalue weighted by atomic mass is 10.2. The first-order valence-corrected chi connectivity index (χ1v) is 4.24. The fourth-order valence-electron chi connectivity index (χ4n) is 0.948. The van der Waals surface area contributed by atoms with E-state index in [0.717, 1.165) is 5.56 Å². The summed E-state index contributed by atoms with van der Waals surface area (Å²) in [6, 6.07) is 3.40. The van der Waals surface area contributed by atoms with E-state index in [9.17, 15) is 0 Å². The molecule has 0 aliphatic heterocycles. The van der Waals surface area contributed by atoms with Gasteiger partial charge >= 0.3 is 0 Å².